The van der Waals surface area contributed by atoms with E-state index in [1.807, 2.05) is 6.92 Å². The normalized spacial score (nSPS) is 20.1. The van der Waals surface area contributed by atoms with Crippen LogP contribution in [-0.4, -0.2) is 23.7 Å². The third-order valence-corrected chi connectivity index (χ3v) is 3.34. The zero-order valence-electron chi connectivity index (χ0n) is 9.67. The number of carboxylic acid groups (broad SMARTS) is 1. The second kappa shape index (κ2) is 6.83. The van der Waals surface area contributed by atoms with Gasteiger partial charge >= 0.3 is 5.97 Å². The van der Waals surface area contributed by atoms with Crippen LogP contribution in [0.3, 0.4) is 0 Å². The van der Waals surface area contributed by atoms with E-state index >= 15 is 0 Å². The number of hydrogen-bond acceptors (Lipinski definition) is 2. The van der Waals surface area contributed by atoms with Crippen molar-refractivity contribution in [3.05, 3.63) is 0 Å². The van der Waals surface area contributed by atoms with E-state index in [4.69, 9.17) is 5.11 Å². The maximum atomic E-state index is 10.9. The summed E-state index contributed by atoms with van der Waals surface area (Å²) < 4.78 is 0. The summed E-state index contributed by atoms with van der Waals surface area (Å²) in [5, 5.41) is 12.0. The van der Waals surface area contributed by atoms with Crippen LogP contribution in [0.25, 0.3) is 0 Å². The van der Waals surface area contributed by atoms with Crippen LogP contribution < -0.4 is 5.32 Å². The molecular formula is C12H23NO2. The lowest BCUT2D eigenvalue weighted by molar-refractivity contribution is -0.139. The number of carbonyl (C=O) groups is 1. The third-order valence-electron chi connectivity index (χ3n) is 3.34. The molecule has 0 aromatic rings. The van der Waals surface area contributed by atoms with Gasteiger partial charge in [0.25, 0.3) is 0 Å². The van der Waals surface area contributed by atoms with Crippen molar-refractivity contribution in [2.75, 3.05) is 6.54 Å². The lowest BCUT2D eigenvalue weighted by atomic mass is 9.85. The summed E-state index contributed by atoms with van der Waals surface area (Å²) in [5.41, 5.74) is 0. The highest BCUT2D eigenvalue weighted by molar-refractivity contribution is 5.73. The van der Waals surface area contributed by atoms with Crippen molar-refractivity contribution in [3.63, 3.8) is 0 Å². The number of likely N-dealkylation sites (N-methyl/N-ethyl adjacent to an activating group) is 1. The van der Waals surface area contributed by atoms with Crippen molar-refractivity contribution in [2.45, 2.75) is 57.9 Å². The average Bonchev–Trinajstić information content (AvgIpc) is 2.25. The predicted octanol–water partition coefficient (Wildman–Crippen LogP) is 2.41. The third kappa shape index (κ3) is 4.65. The van der Waals surface area contributed by atoms with E-state index in [9.17, 15) is 4.79 Å². The molecule has 1 atom stereocenters. The SMILES string of the molecule is CCN[C@H](CCC1CCCCC1)C(=O)O. The average molecular weight is 213 g/mol. The Labute approximate surface area is 92.3 Å². The monoisotopic (exact) mass is 213 g/mol. The first-order valence-corrected chi connectivity index (χ1v) is 6.20. The fourth-order valence-electron chi connectivity index (χ4n) is 2.44. The molecule has 0 amide bonds. The van der Waals surface area contributed by atoms with Gasteiger partial charge in [-0.3, -0.25) is 4.79 Å². The van der Waals surface area contributed by atoms with Gasteiger partial charge in [-0.1, -0.05) is 39.0 Å². The van der Waals surface area contributed by atoms with Gasteiger partial charge in [-0.2, -0.15) is 0 Å². The molecule has 2 N–H and O–H groups in total. The molecule has 3 heteroatoms. The zero-order valence-corrected chi connectivity index (χ0v) is 9.67. The Bertz CT molecular complexity index is 188. The summed E-state index contributed by atoms with van der Waals surface area (Å²) in [6.45, 7) is 2.69. The van der Waals surface area contributed by atoms with Crippen molar-refractivity contribution >= 4 is 5.97 Å². The summed E-state index contributed by atoms with van der Waals surface area (Å²) >= 11 is 0. The Hall–Kier alpha value is -0.570. The predicted molar refractivity (Wildman–Crippen MR) is 60.9 cm³/mol. The second-order valence-electron chi connectivity index (χ2n) is 4.53. The first-order valence-electron chi connectivity index (χ1n) is 6.20. The first kappa shape index (κ1) is 12.5. The van der Waals surface area contributed by atoms with E-state index in [0.29, 0.717) is 0 Å². The molecule has 0 unspecified atom stereocenters. The van der Waals surface area contributed by atoms with Crippen molar-refractivity contribution < 1.29 is 9.90 Å². The van der Waals surface area contributed by atoms with Crippen LogP contribution in [0.5, 0.6) is 0 Å². The van der Waals surface area contributed by atoms with Crippen LogP contribution >= 0.6 is 0 Å². The van der Waals surface area contributed by atoms with Crippen molar-refractivity contribution in [2.24, 2.45) is 5.92 Å². The fraction of sp³-hybridized carbons (Fsp3) is 0.917. The molecule has 3 nitrogen and oxygen atoms in total. The minimum atomic E-state index is -0.701. The van der Waals surface area contributed by atoms with Gasteiger partial charge in [0.2, 0.25) is 0 Å². The molecule has 0 spiro atoms. The highest BCUT2D eigenvalue weighted by atomic mass is 16.4. The van der Waals surface area contributed by atoms with Gasteiger partial charge < -0.3 is 10.4 Å². The molecule has 0 bridgehead atoms. The lowest BCUT2D eigenvalue weighted by Gasteiger charge is -2.23. The van der Waals surface area contributed by atoms with Gasteiger partial charge in [-0.05, 0) is 25.3 Å². The summed E-state index contributed by atoms with van der Waals surface area (Å²) in [5.74, 6) is 0.0758. The first-order chi connectivity index (χ1) is 7.24. The highest BCUT2D eigenvalue weighted by Crippen LogP contribution is 2.27. The number of rotatable bonds is 6. The van der Waals surface area contributed by atoms with Crippen molar-refractivity contribution in [3.8, 4) is 0 Å². The molecular weight excluding hydrogens is 190 g/mol. The van der Waals surface area contributed by atoms with E-state index in [0.717, 1.165) is 25.3 Å². The van der Waals surface area contributed by atoms with Crippen LogP contribution in [-0.2, 0) is 4.79 Å². The van der Waals surface area contributed by atoms with Crippen molar-refractivity contribution in [1.82, 2.24) is 5.32 Å². The van der Waals surface area contributed by atoms with Crippen LogP contribution in [0.2, 0.25) is 0 Å². The van der Waals surface area contributed by atoms with E-state index in [1.54, 1.807) is 0 Å². The zero-order chi connectivity index (χ0) is 11.1. The summed E-state index contributed by atoms with van der Waals surface area (Å²) in [6.07, 6.45) is 8.51. The quantitative estimate of drug-likeness (QED) is 0.712. The van der Waals surface area contributed by atoms with Crippen LogP contribution in [0.15, 0.2) is 0 Å². The van der Waals surface area contributed by atoms with Gasteiger partial charge in [-0.25, -0.2) is 0 Å². The van der Waals surface area contributed by atoms with Gasteiger partial charge in [0.1, 0.15) is 6.04 Å². The molecule has 15 heavy (non-hydrogen) atoms. The van der Waals surface area contributed by atoms with Gasteiger partial charge in [0, 0.05) is 0 Å². The minimum absolute atomic E-state index is 0.336. The van der Waals surface area contributed by atoms with Gasteiger partial charge in [-0.15, -0.1) is 0 Å². The molecule has 1 fully saturated rings. The summed E-state index contributed by atoms with van der Waals surface area (Å²) in [6, 6.07) is -0.336. The fourth-order valence-corrected chi connectivity index (χ4v) is 2.44. The Morgan fingerprint density at radius 1 is 1.40 bits per heavy atom. The number of aliphatic carboxylic acids is 1. The maximum Gasteiger partial charge on any atom is 0.320 e. The van der Waals surface area contributed by atoms with Crippen LogP contribution in [0, 0.1) is 5.92 Å². The number of carboxylic acids is 1. The molecule has 1 saturated carbocycles. The van der Waals surface area contributed by atoms with Gasteiger partial charge in [0.05, 0.1) is 0 Å². The highest BCUT2D eigenvalue weighted by Gasteiger charge is 2.19. The van der Waals surface area contributed by atoms with Crippen LogP contribution in [0.4, 0.5) is 0 Å². The van der Waals surface area contributed by atoms with E-state index in [2.05, 4.69) is 5.32 Å². The molecule has 0 heterocycles. The Morgan fingerprint density at radius 3 is 2.60 bits per heavy atom. The topological polar surface area (TPSA) is 49.3 Å². The van der Waals surface area contributed by atoms with E-state index in [-0.39, 0.29) is 6.04 Å². The van der Waals surface area contributed by atoms with Crippen molar-refractivity contribution in [1.29, 1.82) is 0 Å². The molecule has 0 saturated heterocycles. The second-order valence-corrected chi connectivity index (χ2v) is 4.53. The molecule has 0 aliphatic heterocycles. The molecule has 88 valence electrons. The molecule has 0 radical (unpaired) electrons. The smallest absolute Gasteiger partial charge is 0.320 e. The molecule has 1 aliphatic carbocycles. The molecule has 0 aromatic heterocycles. The molecule has 0 aromatic carbocycles. The van der Waals surface area contributed by atoms with Gasteiger partial charge in [0.15, 0.2) is 0 Å². The minimum Gasteiger partial charge on any atom is -0.480 e. The maximum absolute atomic E-state index is 10.9. The number of hydrogen-bond donors (Lipinski definition) is 2. The Morgan fingerprint density at radius 2 is 2.07 bits per heavy atom. The Balaban J connectivity index is 2.22. The van der Waals surface area contributed by atoms with Crippen LogP contribution in [0.1, 0.15) is 51.9 Å². The molecule has 1 rings (SSSR count). The summed E-state index contributed by atoms with van der Waals surface area (Å²) in [7, 11) is 0. The largest absolute Gasteiger partial charge is 0.480 e. The Kier molecular flexibility index (Phi) is 5.69. The summed E-state index contributed by atoms with van der Waals surface area (Å²) in [4.78, 5) is 10.9. The standard InChI is InChI=1S/C12H23NO2/c1-2-13-11(12(14)15)9-8-10-6-4-3-5-7-10/h10-11,13H,2-9H2,1H3,(H,14,15)/t11-/m1/s1. The molecule has 1 aliphatic rings. The van der Waals surface area contributed by atoms with E-state index < -0.39 is 5.97 Å². The number of nitrogens with one attached hydrogen (secondary N) is 1. The lowest BCUT2D eigenvalue weighted by Crippen LogP contribution is -2.36. The van der Waals surface area contributed by atoms with E-state index in [1.165, 1.54) is 32.1 Å².